The van der Waals surface area contributed by atoms with E-state index in [1.165, 1.54) is 22.5 Å². The Bertz CT molecular complexity index is 807. The van der Waals surface area contributed by atoms with E-state index in [0.29, 0.717) is 23.1 Å². The molecule has 22 heavy (non-hydrogen) atoms. The van der Waals surface area contributed by atoms with E-state index in [2.05, 4.69) is 0 Å². The van der Waals surface area contributed by atoms with Gasteiger partial charge in [0.25, 0.3) is 0 Å². The third kappa shape index (κ3) is 2.86. The van der Waals surface area contributed by atoms with Crippen LogP contribution in [0.4, 0.5) is 0 Å². The number of fused-ring (bicyclic) bond motifs is 1. The van der Waals surface area contributed by atoms with E-state index in [9.17, 15) is 13.2 Å². The van der Waals surface area contributed by atoms with Gasteiger partial charge in [-0.25, -0.2) is 17.5 Å². The molecule has 0 fully saturated rings. The maximum absolute atomic E-state index is 12.5. The summed E-state index contributed by atoms with van der Waals surface area (Å²) in [6, 6.07) is 4.41. The second-order valence-corrected chi connectivity index (χ2v) is 7.24. The van der Waals surface area contributed by atoms with Crippen molar-refractivity contribution in [2.45, 2.75) is 31.6 Å². The number of aromatic carboxylic acids is 1. The van der Waals surface area contributed by atoms with Gasteiger partial charge in [-0.2, -0.15) is 0 Å². The van der Waals surface area contributed by atoms with E-state index >= 15 is 0 Å². The van der Waals surface area contributed by atoms with Crippen LogP contribution in [0.15, 0.2) is 27.5 Å². The third-order valence-corrected chi connectivity index (χ3v) is 5.49. The van der Waals surface area contributed by atoms with Gasteiger partial charge in [0.05, 0.1) is 4.90 Å². The Morgan fingerprint density at radius 2 is 2.05 bits per heavy atom. The summed E-state index contributed by atoms with van der Waals surface area (Å²) in [6.45, 7) is 4.04. The SMILES string of the molecule is CCCCN(C)S(=O)(=O)c1ccc2oc(C(=O)O)c(C)c2c1. The molecule has 1 aromatic heterocycles. The molecule has 0 aliphatic rings. The van der Waals surface area contributed by atoms with Crippen LogP contribution in [0, 0.1) is 6.92 Å². The number of carboxylic acids is 1. The molecule has 1 heterocycles. The van der Waals surface area contributed by atoms with Gasteiger partial charge in [-0.15, -0.1) is 0 Å². The number of hydrogen-bond donors (Lipinski definition) is 1. The summed E-state index contributed by atoms with van der Waals surface area (Å²) >= 11 is 0. The van der Waals surface area contributed by atoms with Gasteiger partial charge in [-0.05, 0) is 31.5 Å². The predicted octanol–water partition coefficient (Wildman–Crippen LogP) is 2.86. The van der Waals surface area contributed by atoms with E-state index in [-0.39, 0.29) is 10.7 Å². The molecule has 1 N–H and O–H groups in total. The topological polar surface area (TPSA) is 87.8 Å². The van der Waals surface area contributed by atoms with Crippen molar-refractivity contribution in [3.8, 4) is 0 Å². The molecule has 0 saturated carbocycles. The van der Waals surface area contributed by atoms with Gasteiger partial charge in [-0.3, -0.25) is 0 Å². The van der Waals surface area contributed by atoms with Crippen molar-refractivity contribution in [3.63, 3.8) is 0 Å². The van der Waals surface area contributed by atoms with E-state index in [4.69, 9.17) is 9.52 Å². The molecule has 0 radical (unpaired) electrons. The van der Waals surface area contributed by atoms with Gasteiger partial charge in [0.1, 0.15) is 5.58 Å². The monoisotopic (exact) mass is 325 g/mol. The first-order chi connectivity index (χ1) is 10.3. The Morgan fingerprint density at radius 3 is 2.64 bits per heavy atom. The minimum atomic E-state index is -3.59. The molecule has 0 aliphatic carbocycles. The average Bonchev–Trinajstić information content (AvgIpc) is 2.81. The lowest BCUT2D eigenvalue weighted by molar-refractivity contribution is 0.0664. The summed E-state index contributed by atoms with van der Waals surface area (Å²) in [7, 11) is -2.04. The summed E-state index contributed by atoms with van der Waals surface area (Å²) in [4.78, 5) is 11.2. The Balaban J connectivity index is 2.49. The minimum absolute atomic E-state index is 0.138. The van der Waals surface area contributed by atoms with E-state index in [0.717, 1.165) is 12.8 Å². The van der Waals surface area contributed by atoms with Gasteiger partial charge in [0.2, 0.25) is 15.8 Å². The average molecular weight is 325 g/mol. The van der Waals surface area contributed by atoms with Crippen LogP contribution in [0.25, 0.3) is 11.0 Å². The van der Waals surface area contributed by atoms with Crippen LogP contribution >= 0.6 is 0 Å². The lowest BCUT2D eigenvalue weighted by atomic mass is 10.1. The second kappa shape index (κ2) is 6.10. The molecular weight excluding hydrogens is 306 g/mol. The highest BCUT2D eigenvalue weighted by Gasteiger charge is 2.23. The number of unbranched alkanes of at least 4 members (excludes halogenated alkanes) is 1. The normalized spacial score (nSPS) is 12.2. The highest BCUT2D eigenvalue weighted by atomic mass is 32.2. The van der Waals surface area contributed by atoms with Crippen LogP contribution in [0.5, 0.6) is 0 Å². The molecule has 120 valence electrons. The molecule has 0 atom stereocenters. The number of nitrogens with zero attached hydrogens (tertiary/aromatic N) is 1. The first-order valence-corrected chi connectivity index (χ1v) is 8.45. The molecule has 0 amide bonds. The van der Waals surface area contributed by atoms with Gasteiger partial charge < -0.3 is 9.52 Å². The zero-order valence-corrected chi connectivity index (χ0v) is 13.6. The Hall–Kier alpha value is -1.86. The summed E-state index contributed by atoms with van der Waals surface area (Å²) in [6.07, 6.45) is 1.69. The minimum Gasteiger partial charge on any atom is -0.475 e. The van der Waals surface area contributed by atoms with Crippen LogP contribution in [-0.4, -0.2) is 37.4 Å². The van der Waals surface area contributed by atoms with Crippen LogP contribution in [-0.2, 0) is 10.0 Å². The Morgan fingerprint density at radius 1 is 1.36 bits per heavy atom. The molecule has 2 aromatic rings. The van der Waals surface area contributed by atoms with E-state index in [1.54, 1.807) is 14.0 Å². The molecule has 0 bridgehead atoms. The number of benzene rings is 1. The van der Waals surface area contributed by atoms with Gasteiger partial charge >= 0.3 is 5.97 Å². The fraction of sp³-hybridized carbons (Fsp3) is 0.400. The molecule has 0 aliphatic heterocycles. The predicted molar refractivity (Wildman–Crippen MR) is 82.6 cm³/mol. The molecular formula is C15H19NO5S. The van der Waals surface area contributed by atoms with Crippen molar-refractivity contribution >= 4 is 27.0 Å². The molecule has 7 heteroatoms. The molecule has 6 nitrogen and oxygen atoms in total. The largest absolute Gasteiger partial charge is 0.475 e. The van der Waals surface area contributed by atoms with Gasteiger partial charge in [0.15, 0.2) is 0 Å². The van der Waals surface area contributed by atoms with Crippen LogP contribution in [0.2, 0.25) is 0 Å². The van der Waals surface area contributed by atoms with Crippen molar-refractivity contribution in [2.75, 3.05) is 13.6 Å². The zero-order chi connectivity index (χ0) is 16.5. The summed E-state index contributed by atoms with van der Waals surface area (Å²) < 4.78 is 31.6. The summed E-state index contributed by atoms with van der Waals surface area (Å²) in [5.74, 6) is -1.33. The number of carboxylic acid groups (broad SMARTS) is 1. The van der Waals surface area contributed by atoms with Crippen LogP contribution < -0.4 is 0 Å². The first kappa shape index (κ1) is 16.5. The molecule has 0 spiro atoms. The fourth-order valence-electron chi connectivity index (χ4n) is 2.25. The number of rotatable bonds is 6. The van der Waals surface area contributed by atoms with Gasteiger partial charge in [-0.1, -0.05) is 13.3 Å². The lowest BCUT2D eigenvalue weighted by Crippen LogP contribution is -2.27. The van der Waals surface area contributed by atoms with Crippen molar-refractivity contribution in [2.24, 2.45) is 0 Å². The number of aryl methyl sites for hydroxylation is 1. The number of hydrogen-bond acceptors (Lipinski definition) is 4. The number of carbonyl (C=O) groups is 1. The zero-order valence-electron chi connectivity index (χ0n) is 12.8. The maximum Gasteiger partial charge on any atom is 0.372 e. The molecule has 1 aromatic carbocycles. The second-order valence-electron chi connectivity index (χ2n) is 5.20. The highest BCUT2D eigenvalue weighted by molar-refractivity contribution is 7.89. The van der Waals surface area contributed by atoms with Crippen LogP contribution in [0.1, 0.15) is 35.9 Å². The van der Waals surface area contributed by atoms with E-state index in [1.807, 2.05) is 6.92 Å². The van der Waals surface area contributed by atoms with Crippen molar-refractivity contribution in [1.82, 2.24) is 4.31 Å². The smallest absolute Gasteiger partial charge is 0.372 e. The Labute approximate surface area is 129 Å². The van der Waals surface area contributed by atoms with Gasteiger partial charge in [0, 0.05) is 24.5 Å². The van der Waals surface area contributed by atoms with E-state index < -0.39 is 16.0 Å². The highest BCUT2D eigenvalue weighted by Crippen LogP contribution is 2.28. The quantitative estimate of drug-likeness (QED) is 0.882. The Kier molecular flexibility index (Phi) is 4.58. The molecule has 0 unspecified atom stereocenters. The summed E-state index contributed by atoms with van der Waals surface area (Å²) in [5.41, 5.74) is 0.792. The van der Waals surface area contributed by atoms with Crippen LogP contribution in [0.3, 0.4) is 0 Å². The van der Waals surface area contributed by atoms with Crippen molar-refractivity contribution in [1.29, 1.82) is 0 Å². The molecule has 2 rings (SSSR count). The molecule has 0 saturated heterocycles. The third-order valence-electron chi connectivity index (χ3n) is 3.64. The fourth-order valence-corrected chi connectivity index (χ4v) is 3.48. The summed E-state index contributed by atoms with van der Waals surface area (Å²) in [5, 5.41) is 9.56. The first-order valence-electron chi connectivity index (χ1n) is 7.01. The lowest BCUT2D eigenvalue weighted by Gasteiger charge is -2.16. The number of furan rings is 1. The van der Waals surface area contributed by atoms with Crippen molar-refractivity contribution < 1.29 is 22.7 Å². The van der Waals surface area contributed by atoms with Crippen molar-refractivity contribution in [3.05, 3.63) is 29.5 Å². The number of sulfonamides is 1. The maximum atomic E-state index is 12.5. The standard InChI is InChI=1S/C15H19NO5S/c1-4-5-8-16(3)22(19,20)11-6-7-13-12(9-11)10(2)14(21-13)15(17)18/h6-7,9H,4-5,8H2,1-3H3,(H,17,18).